The van der Waals surface area contributed by atoms with E-state index in [2.05, 4.69) is 10.6 Å². The Hall–Kier alpha value is -0.480. The number of rotatable bonds is 1. The second-order valence-electron chi connectivity index (χ2n) is 6.31. The van der Waals surface area contributed by atoms with E-state index in [0.29, 0.717) is 12.1 Å². The number of carbonyl (C=O) groups is 1. The van der Waals surface area contributed by atoms with Crippen LogP contribution >= 0.6 is 12.4 Å². The first-order valence-corrected chi connectivity index (χ1v) is 6.68. The van der Waals surface area contributed by atoms with Gasteiger partial charge in [0, 0.05) is 18.1 Å². The molecule has 4 nitrogen and oxygen atoms in total. The molecular formula is C13H25ClN2O2. The number of nitrogens with one attached hydrogen (secondary N) is 2. The smallest absolute Gasteiger partial charge is 0.407 e. The van der Waals surface area contributed by atoms with Crippen LogP contribution in [-0.4, -0.2) is 29.8 Å². The molecule has 0 aliphatic carbocycles. The average Bonchev–Trinajstić information content (AvgIpc) is 2.13. The zero-order valence-electron chi connectivity index (χ0n) is 11.5. The van der Waals surface area contributed by atoms with Gasteiger partial charge in [0.15, 0.2) is 0 Å². The molecule has 2 N–H and O–H groups in total. The van der Waals surface area contributed by atoms with Crippen LogP contribution < -0.4 is 10.6 Å². The standard InChI is InChI=1S/C13H24N2O2.ClH/c1-13(2,3)17-12(16)15-11-7-9-5-4-6-10(8-11)14-9;/h9-11,14H,4-8H2,1-3H3,(H,15,16);1H. The largest absolute Gasteiger partial charge is 0.444 e. The third-order valence-corrected chi connectivity index (χ3v) is 3.44. The molecule has 0 radical (unpaired) electrons. The summed E-state index contributed by atoms with van der Waals surface area (Å²) in [5.41, 5.74) is -0.410. The van der Waals surface area contributed by atoms with E-state index in [1.165, 1.54) is 19.3 Å². The van der Waals surface area contributed by atoms with Gasteiger partial charge < -0.3 is 15.4 Å². The van der Waals surface area contributed by atoms with Gasteiger partial charge in [0.25, 0.3) is 0 Å². The molecule has 2 saturated heterocycles. The maximum Gasteiger partial charge on any atom is 0.407 e. The Morgan fingerprint density at radius 3 is 2.28 bits per heavy atom. The molecule has 2 aliphatic heterocycles. The van der Waals surface area contributed by atoms with Crippen molar-refractivity contribution in [2.45, 2.75) is 76.6 Å². The fourth-order valence-corrected chi connectivity index (χ4v) is 2.86. The van der Waals surface area contributed by atoms with Crippen molar-refractivity contribution in [2.75, 3.05) is 0 Å². The zero-order valence-corrected chi connectivity index (χ0v) is 12.3. The lowest BCUT2D eigenvalue weighted by atomic mass is 9.84. The summed E-state index contributed by atoms with van der Waals surface area (Å²) in [7, 11) is 0. The summed E-state index contributed by atoms with van der Waals surface area (Å²) < 4.78 is 5.29. The summed E-state index contributed by atoms with van der Waals surface area (Å²) >= 11 is 0. The summed E-state index contributed by atoms with van der Waals surface area (Å²) in [5.74, 6) is 0. The van der Waals surface area contributed by atoms with E-state index in [9.17, 15) is 4.79 Å². The summed E-state index contributed by atoms with van der Waals surface area (Å²) in [6, 6.07) is 1.45. The van der Waals surface area contributed by atoms with Gasteiger partial charge in [-0.25, -0.2) is 4.79 Å². The van der Waals surface area contributed by atoms with Crippen LogP contribution in [0.2, 0.25) is 0 Å². The highest BCUT2D eigenvalue weighted by atomic mass is 35.5. The highest BCUT2D eigenvalue weighted by Gasteiger charge is 2.32. The van der Waals surface area contributed by atoms with Gasteiger partial charge in [0.05, 0.1) is 0 Å². The Balaban J connectivity index is 0.00000162. The van der Waals surface area contributed by atoms with E-state index in [-0.39, 0.29) is 24.5 Å². The van der Waals surface area contributed by atoms with Crippen molar-refractivity contribution in [2.24, 2.45) is 0 Å². The molecule has 2 unspecified atom stereocenters. The fourth-order valence-electron chi connectivity index (χ4n) is 2.86. The van der Waals surface area contributed by atoms with Gasteiger partial charge in [0.1, 0.15) is 5.60 Å². The lowest BCUT2D eigenvalue weighted by Gasteiger charge is -2.40. The Labute approximate surface area is 116 Å². The van der Waals surface area contributed by atoms with E-state index < -0.39 is 5.60 Å². The van der Waals surface area contributed by atoms with E-state index in [4.69, 9.17) is 4.74 Å². The number of hydrogen-bond acceptors (Lipinski definition) is 3. The molecule has 2 rings (SSSR count). The van der Waals surface area contributed by atoms with Crippen LogP contribution in [0.3, 0.4) is 0 Å². The van der Waals surface area contributed by atoms with Gasteiger partial charge in [-0.15, -0.1) is 12.4 Å². The maximum absolute atomic E-state index is 11.7. The molecule has 0 saturated carbocycles. The minimum Gasteiger partial charge on any atom is -0.444 e. The van der Waals surface area contributed by atoms with Crippen LogP contribution in [0.5, 0.6) is 0 Å². The molecule has 5 heteroatoms. The predicted octanol–water partition coefficient (Wildman–Crippen LogP) is 2.61. The molecule has 2 fully saturated rings. The van der Waals surface area contributed by atoms with E-state index in [1.54, 1.807) is 0 Å². The first-order chi connectivity index (χ1) is 7.92. The molecule has 106 valence electrons. The number of carbonyl (C=O) groups excluding carboxylic acids is 1. The van der Waals surface area contributed by atoms with Crippen LogP contribution in [0.15, 0.2) is 0 Å². The molecule has 0 aromatic rings. The average molecular weight is 277 g/mol. The molecule has 2 atom stereocenters. The normalized spacial score (nSPS) is 31.2. The van der Waals surface area contributed by atoms with E-state index >= 15 is 0 Å². The van der Waals surface area contributed by atoms with Gasteiger partial charge >= 0.3 is 6.09 Å². The Morgan fingerprint density at radius 2 is 1.78 bits per heavy atom. The fraction of sp³-hybridized carbons (Fsp3) is 0.923. The molecule has 0 aromatic heterocycles. The van der Waals surface area contributed by atoms with Crippen molar-refractivity contribution in [1.82, 2.24) is 10.6 Å². The number of halogens is 1. The number of hydrogen-bond donors (Lipinski definition) is 2. The van der Waals surface area contributed by atoms with Gasteiger partial charge in [-0.1, -0.05) is 6.42 Å². The molecule has 2 heterocycles. The second kappa shape index (κ2) is 6.11. The molecular weight excluding hydrogens is 252 g/mol. The van der Waals surface area contributed by atoms with Crippen molar-refractivity contribution in [3.8, 4) is 0 Å². The van der Waals surface area contributed by atoms with Crippen molar-refractivity contribution in [3.63, 3.8) is 0 Å². The van der Waals surface area contributed by atoms with E-state index in [0.717, 1.165) is 12.8 Å². The summed E-state index contributed by atoms with van der Waals surface area (Å²) in [4.78, 5) is 11.7. The zero-order chi connectivity index (χ0) is 12.5. The summed E-state index contributed by atoms with van der Waals surface area (Å²) in [6.07, 6.45) is 5.60. The van der Waals surface area contributed by atoms with E-state index in [1.807, 2.05) is 20.8 Å². The van der Waals surface area contributed by atoms with Crippen molar-refractivity contribution < 1.29 is 9.53 Å². The third kappa shape index (κ3) is 4.65. The second-order valence-corrected chi connectivity index (χ2v) is 6.31. The van der Waals surface area contributed by atoms with Gasteiger partial charge in [-0.2, -0.15) is 0 Å². The molecule has 1 amide bonds. The Kier molecular flexibility index (Phi) is 5.29. The first-order valence-electron chi connectivity index (χ1n) is 6.68. The number of alkyl carbamates (subject to hydrolysis) is 1. The van der Waals surface area contributed by atoms with Gasteiger partial charge in [0.2, 0.25) is 0 Å². The van der Waals surface area contributed by atoms with Gasteiger partial charge in [-0.3, -0.25) is 0 Å². The van der Waals surface area contributed by atoms with Crippen LogP contribution in [0.4, 0.5) is 4.79 Å². The molecule has 0 aromatic carbocycles. The van der Waals surface area contributed by atoms with Gasteiger partial charge in [-0.05, 0) is 46.5 Å². The minimum absolute atomic E-state index is 0. The van der Waals surface area contributed by atoms with Crippen LogP contribution in [0, 0.1) is 0 Å². The SMILES string of the molecule is CC(C)(C)OC(=O)NC1CC2CCCC(C1)N2.Cl. The molecule has 2 bridgehead atoms. The Bertz CT molecular complexity index is 279. The highest BCUT2D eigenvalue weighted by Crippen LogP contribution is 2.25. The topological polar surface area (TPSA) is 50.4 Å². The lowest BCUT2D eigenvalue weighted by Crippen LogP contribution is -2.55. The quantitative estimate of drug-likeness (QED) is 0.774. The molecule has 2 aliphatic rings. The monoisotopic (exact) mass is 276 g/mol. The third-order valence-electron chi connectivity index (χ3n) is 3.44. The maximum atomic E-state index is 11.7. The lowest BCUT2D eigenvalue weighted by molar-refractivity contribution is 0.0474. The predicted molar refractivity (Wildman–Crippen MR) is 74.2 cm³/mol. The number of amides is 1. The van der Waals surface area contributed by atoms with Crippen molar-refractivity contribution in [3.05, 3.63) is 0 Å². The summed E-state index contributed by atoms with van der Waals surface area (Å²) in [6.45, 7) is 5.68. The Morgan fingerprint density at radius 1 is 1.22 bits per heavy atom. The number of piperidine rings is 2. The summed E-state index contributed by atoms with van der Waals surface area (Å²) in [5, 5.41) is 6.61. The molecule has 18 heavy (non-hydrogen) atoms. The van der Waals surface area contributed by atoms with Crippen LogP contribution in [0.1, 0.15) is 52.9 Å². The number of ether oxygens (including phenoxy) is 1. The van der Waals surface area contributed by atoms with Crippen LogP contribution in [0.25, 0.3) is 0 Å². The van der Waals surface area contributed by atoms with Crippen molar-refractivity contribution >= 4 is 18.5 Å². The molecule has 0 spiro atoms. The highest BCUT2D eigenvalue weighted by molar-refractivity contribution is 5.85. The van der Waals surface area contributed by atoms with Crippen LogP contribution in [-0.2, 0) is 4.74 Å². The minimum atomic E-state index is -0.410. The first kappa shape index (κ1) is 15.6. The number of fused-ring (bicyclic) bond motifs is 2. The van der Waals surface area contributed by atoms with Crippen molar-refractivity contribution in [1.29, 1.82) is 0 Å².